The number of hydrogen-bond donors (Lipinski definition) is 2. The van der Waals surface area contributed by atoms with E-state index in [1.54, 1.807) is 0 Å². The van der Waals surface area contributed by atoms with Crippen molar-refractivity contribution in [3.63, 3.8) is 0 Å². The highest BCUT2D eigenvalue weighted by Gasteiger charge is 2.34. The van der Waals surface area contributed by atoms with Gasteiger partial charge in [-0.15, -0.1) is 0 Å². The number of nitrogens with two attached hydrogens (primary N) is 1. The molecule has 0 spiro atoms. The molecular formula is C12H21NO2. The molecule has 0 saturated heterocycles. The molecule has 15 heavy (non-hydrogen) atoms. The van der Waals surface area contributed by atoms with Crippen LogP contribution in [-0.4, -0.2) is 17.1 Å². The van der Waals surface area contributed by atoms with Crippen LogP contribution in [-0.2, 0) is 4.79 Å². The molecule has 86 valence electrons. The minimum absolute atomic E-state index is 0.102. The van der Waals surface area contributed by atoms with Crippen molar-refractivity contribution in [2.75, 3.05) is 0 Å². The number of rotatable bonds is 3. The highest BCUT2D eigenvalue weighted by molar-refractivity contribution is 5.69. The summed E-state index contributed by atoms with van der Waals surface area (Å²) in [6.45, 7) is 0. The van der Waals surface area contributed by atoms with Crippen LogP contribution in [0.25, 0.3) is 0 Å². The minimum Gasteiger partial charge on any atom is -0.481 e. The lowest BCUT2D eigenvalue weighted by Crippen LogP contribution is -2.42. The van der Waals surface area contributed by atoms with Crippen molar-refractivity contribution in [3.05, 3.63) is 0 Å². The Morgan fingerprint density at radius 1 is 1.07 bits per heavy atom. The summed E-state index contributed by atoms with van der Waals surface area (Å²) in [7, 11) is 0. The van der Waals surface area contributed by atoms with Gasteiger partial charge in [0.05, 0.1) is 5.92 Å². The van der Waals surface area contributed by atoms with Crippen LogP contribution in [0.3, 0.4) is 0 Å². The summed E-state index contributed by atoms with van der Waals surface area (Å²) in [5.74, 6) is 0.600. The fourth-order valence-corrected chi connectivity index (χ4v) is 2.96. The first kappa shape index (κ1) is 10.9. The molecule has 0 heterocycles. The van der Waals surface area contributed by atoms with Gasteiger partial charge in [-0.05, 0) is 50.4 Å². The van der Waals surface area contributed by atoms with Crippen LogP contribution < -0.4 is 5.73 Å². The lowest BCUT2D eigenvalue weighted by molar-refractivity contribution is -0.143. The molecule has 2 rings (SSSR count). The van der Waals surface area contributed by atoms with Crippen molar-refractivity contribution in [1.82, 2.24) is 0 Å². The molecule has 0 aromatic rings. The maximum absolute atomic E-state index is 10.8. The van der Waals surface area contributed by atoms with Crippen LogP contribution in [0, 0.1) is 17.8 Å². The summed E-state index contributed by atoms with van der Waals surface area (Å²) in [6.07, 6.45) is 7.63. The zero-order valence-electron chi connectivity index (χ0n) is 9.19. The Hall–Kier alpha value is -0.570. The van der Waals surface area contributed by atoms with Crippen molar-refractivity contribution >= 4 is 5.97 Å². The molecule has 0 aliphatic heterocycles. The van der Waals surface area contributed by atoms with Crippen molar-refractivity contribution in [2.45, 2.75) is 51.0 Å². The van der Waals surface area contributed by atoms with Gasteiger partial charge in [0.15, 0.2) is 0 Å². The van der Waals surface area contributed by atoms with E-state index in [9.17, 15) is 4.79 Å². The van der Waals surface area contributed by atoms with Gasteiger partial charge < -0.3 is 10.8 Å². The Kier molecular flexibility index (Phi) is 3.29. The predicted molar refractivity (Wildman–Crippen MR) is 58.4 cm³/mol. The van der Waals surface area contributed by atoms with E-state index in [1.807, 2.05) is 0 Å². The largest absolute Gasteiger partial charge is 0.481 e. The summed E-state index contributed by atoms with van der Waals surface area (Å²) in [5, 5.41) is 8.90. The minimum atomic E-state index is -0.620. The molecule has 1 atom stereocenters. The van der Waals surface area contributed by atoms with Gasteiger partial charge in [0.25, 0.3) is 0 Å². The maximum Gasteiger partial charge on any atom is 0.306 e. The monoisotopic (exact) mass is 211 g/mol. The third-order valence-electron chi connectivity index (χ3n) is 4.36. The molecule has 0 amide bonds. The number of hydrogen-bond acceptors (Lipinski definition) is 2. The van der Waals surface area contributed by atoms with Gasteiger partial charge in [-0.3, -0.25) is 4.79 Å². The van der Waals surface area contributed by atoms with Crippen LogP contribution in [0.1, 0.15) is 44.9 Å². The zero-order valence-corrected chi connectivity index (χ0v) is 9.19. The summed E-state index contributed by atoms with van der Waals surface area (Å²) in [5.41, 5.74) is 6.23. The standard InChI is InChI=1S/C12H21NO2/c13-11(8-2-1-3-8)9-4-6-10(7-5-9)12(14)15/h8-11H,1-7,13H2,(H,14,15). The molecule has 0 aromatic carbocycles. The summed E-state index contributed by atoms with van der Waals surface area (Å²) < 4.78 is 0. The summed E-state index contributed by atoms with van der Waals surface area (Å²) >= 11 is 0. The van der Waals surface area contributed by atoms with Crippen molar-refractivity contribution in [2.24, 2.45) is 23.5 Å². The quantitative estimate of drug-likeness (QED) is 0.750. The second-order valence-electron chi connectivity index (χ2n) is 5.22. The lowest BCUT2D eigenvalue weighted by Gasteiger charge is -2.38. The first-order valence-electron chi connectivity index (χ1n) is 6.17. The molecule has 3 nitrogen and oxygen atoms in total. The summed E-state index contributed by atoms with van der Waals surface area (Å²) in [4.78, 5) is 10.8. The number of carbonyl (C=O) groups is 1. The number of aliphatic carboxylic acids is 1. The van der Waals surface area contributed by atoms with Crippen LogP contribution in [0.15, 0.2) is 0 Å². The third kappa shape index (κ3) is 2.33. The van der Waals surface area contributed by atoms with Crippen LogP contribution in [0.5, 0.6) is 0 Å². The number of carboxylic acids is 1. The van der Waals surface area contributed by atoms with E-state index in [1.165, 1.54) is 19.3 Å². The molecule has 0 bridgehead atoms. The fraction of sp³-hybridized carbons (Fsp3) is 0.917. The van der Waals surface area contributed by atoms with Crippen molar-refractivity contribution < 1.29 is 9.90 Å². The van der Waals surface area contributed by atoms with E-state index < -0.39 is 5.97 Å². The first-order valence-corrected chi connectivity index (χ1v) is 6.17. The SMILES string of the molecule is NC(C1CCC1)C1CCC(C(=O)O)CC1. The molecule has 3 N–H and O–H groups in total. The average molecular weight is 211 g/mol. The second kappa shape index (κ2) is 4.52. The number of carboxylic acid groups (broad SMARTS) is 1. The topological polar surface area (TPSA) is 63.3 Å². The molecule has 1 unspecified atom stereocenters. The van der Waals surface area contributed by atoms with Crippen LogP contribution in [0.4, 0.5) is 0 Å². The zero-order chi connectivity index (χ0) is 10.8. The van der Waals surface area contributed by atoms with Gasteiger partial charge in [-0.2, -0.15) is 0 Å². The summed E-state index contributed by atoms with van der Waals surface area (Å²) in [6, 6.07) is 0.341. The van der Waals surface area contributed by atoms with Gasteiger partial charge in [0, 0.05) is 6.04 Å². The Bertz CT molecular complexity index is 230. The normalized spacial score (nSPS) is 34.5. The van der Waals surface area contributed by atoms with Crippen LogP contribution in [0.2, 0.25) is 0 Å². The van der Waals surface area contributed by atoms with Gasteiger partial charge in [-0.1, -0.05) is 6.42 Å². The molecule has 0 aromatic heterocycles. The Balaban J connectivity index is 1.79. The van der Waals surface area contributed by atoms with E-state index in [0.717, 1.165) is 31.6 Å². The van der Waals surface area contributed by atoms with E-state index in [2.05, 4.69) is 0 Å². The molecule has 2 saturated carbocycles. The molecular weight excluding hydrogens is 190 g/mol. The van der Waals surface area contributed by atoms with Gasteiger partial charge in [0.1, 0.15) is 0 Å². The van der Waals surface area contributed by atoms with Gasteiger partial charge in [0.2, 0.25) is 0 Å². The maximum atomic E-state index is 10.8. The van der Waals surface area contributed by atoms with Crippen molar-refractivity contribution in [1.29, 1.82) is 0 Å². The highest BCUT2D eigenvalue weighted by atomic mass is 16.4. The molecule has 2 aliphatic rings. The van der Waals surface area contributed by atoms with Crippen LogP contribution >= 0.6 is 0 Å². The van der Waals surface area contributed by atoms with Crippen molar-refractivity contribution in [3.8, 4) is 0 Å². The smallest absolute Gasteiger partial charge is 0.306 e. The predicted octanol–water partition coefficient (Wildman–Crippen LogP) is 2.00. The second-order valence-corrected chi connectivity index (χ2v) is 5.22. The molecule has 2 aliphatic carbocycles. The van der Waals surface area contributed by atoms with E-state index in [0.29, 0.717) is 12.0 Å². The average Bonchev–Trinajstić information content (AvgIpc) is 2.15. The molecule has 2 fully saturated rings. The Labute approximate surface area is 91.0 Å². The Morgan fingerprint density at radius 3 is 2.00 bits per heavy atom. The van der Waals surface area contributed by atoms with Gasteiger partial charge >= 0.3 is 5.97 Å². The first-order chi connectivity index (χ1) is 7.18. The van der Waals surface area contributed by atoms with E-state index >= 15 is 0 Å². The van der Waals surface area contributed by atoms with E-state index in [4.69, 9.17) is 10.8 Å². The Morgan fingerprint density at radius 2 is 1.60 bits per heavy atom. The third-order valence-corrected chi connectivity index (χ3v) is 4.36. The molecule has 0 radical (unpaired) electrons. The molecule has 3 heteroatoms. The highest BCUT2D eigenvalue weighted by Crippen LogP contribution is 2.38. The van der Waals surface area contributed by atoms with E-state index in [-0.39, 0.29) is 5.92 Å². The fourth-order valence-electron chi connectivity index (χ4n) is 2.96. The lowest BCUT2D eigenvalue weighted by atomic mass is 9.70. The van der Waals surface area contributed by atoms with Gasteiger partial charge in [-0.25, -0.2) is 0 Å².